The van der Waals surface area contributed by atoms with Gasteiger partial charge in [-0.3, -0.25) is 4.79 Å². The number of hydrogen-bond acceptors (Lipinski definition) is 3. The molecule has 5 heteroatoms. The first-order valence-corrected chi connectivity index (χ1v) is 5.97. The van der Waals surface area contributed by atoms with Crippen LogP contribution in [0.2, 0.25) is 0 Å². The van der Waals surface area contributed by atoms with Gasteiger partial charge in [-0.15, -0.1) is 0 Å². The number of carbonyl (C=O) groups is 1. The summed E-state index contributed by atoms with van der Waals surface area (Å²) in [7, 11) is 0. The molecule has 0 radical (unpaired) electrons. The molecule has 1 aromatic carbocycles. The van der Waals surface area contributed by atoms with Gasteiger partial charge in [0.25, 0.3) is 5.91 Å². The van der Waals surface area contributed by atoms with Crippen molar-refractivity contribution in [3.63, 3.8) is 0 Å². The molecule has 0 atom stereocenters. The number of amides is 1. The maximum atomic E-state index is 11.7. The van der Waals surface area contributed by atoms with E-state index in [1.165, 1.54) is 5.56 Å². The fraction of sp³-hybridized carbons (Fsp3) is 0.308. The summed E-state index contributed by atoms with van der Waals surface area (Å²) in [6.07, 6.45) is 1.87. The minimum absolute atomic E-state index is 0.172. The van der Waals surface area contributed by atoms with Crippen molar-refractivity contribution in [2.24, 2.45) is 0 Å². The van der Waals surface area contributed by atoms with Gasteiger partial charge in [0.1, 0.15) is 0 Å². The van der Waals surface area contributed by atoms with E-state index in [9.17, 15) is 4.79 Å². The molecule has 1 aromatic heterocycles. The van der Waals surface area contributed by atoms with Gasteiger partial charge in [-0.25, -0.2) is 0 Å². The van der Waals surface area contributed by atoms with Crippen LogP contribution in [0.25, 0.3) is 0 Å². The molecule has 0 aliphatic rings. The van der Waals surface area contributed by atoms with Crippen LogP contribution in [-0.2, 0) is 6.42 Å². The first-order chi connectivity index (χ1) is 8.77. The maximum Gasteiger partial charge on any atom is 0.273 e. The van der Waals surface area contributed by atoms with Crippen molar-refractivity contribution >= 4 is 5.91 Å². The number of nitrogens with zero attached hydrogens (tertiary/aromatic N) is 2. The summed E-state index contributed by atoms with van der Waals surface area (Å²) in [5.74, 6) is -0.172. The van der Waals surface area contributed by atoms with E-state index in [0.29, 0.717) is 17.9 Å². The number of aromatic amines is 1. The summed E-state index contributed by atoms with van der Waals surface area (Å²) in [6.45, 7) is 2.39. The molecule has 0 aliphatic heterocycles. The van der Waals surface area contributed by atoms with Crippen LogP contribution in [0.4, 0.5) is 0 Å². The Balaban J connectivity index is 1.73. The van der Waals surface area contributed by atoms with Gasteiger partial charge < -0.3 is 5.32 Å². The van der Waals surface area contributed by atoms with Crippen LogP contribution in [0, 0.1) is 6.92 Å². The van der Waals surface area contributed by atoms with Gasteiger partial charge in [-0.05, 0) is 25.3 Å². The van der Waals surface area contributed by atoms with E-state index in [1.54, 1.807) is 6.92 Å². The quantitative estimate of drug-likeness (QED) is 0.782. The Kier molecular flexibility index (Phi) is 4.06. The third-order valence-corrected chi connectivity index (χ3v) is 2.71. The average molecular weight is 244 g/mol. The zero-order chi connectivity index (χ0) is 12.8. The maximum absolute atomic E-state index is 11.7. The van der Waals surface area contributed by atoms with Crippen molar-refractivity contribution in [3.05, 3.63) is 47.3 Å². The number of aryl methyl sites for hydroxylation is 2. The highest BCUT2D eigenvalue weighted by atomic mass is 16.2. The van der Waals surface area contributed by atoms with Gasteiger partial charge in [0.15, 0.2) is 5.69 Å². The van der Waals surface area contributed by atoms with E-state index in [1.807, 2.05) is 18.2 Å². The van der Waals surface area contributed by atoms with Crippen molar-refractivity contribution in [1.29, 1.82) is 0 Å². The smallest absolute Gasteiger partial charge is 0.273 e. The number of benzene rings is 1. The Hall–Kier alpha value is -2.17. The molecule has 0 bridgehead atoms. The second kappa shape index (κ2) is 5.95. The minimum Gasteiger partial charge on any atom is -0.351 e. The molecule has 0 aliphatic carbocycles. The molecule has 0 saturated heterocycles. The van der Waals surface area contributed by atoms with Crippen molar-refractivity contribution in [2.45, 2.75) is 19.8 Å². The van der Waals surface area contributed by atoms with Crippen molar-refractivity contribution in [3.8, 4) is 0 Å². The van der Waals surface area contributed by atoms with Crippen LogP contribution >= 0.6 is 0 Å². The van der Waals surface area contributed by atoms with Crippen LogP contribution in [0.5, 0.6) is 0 Å². The number of aromatic nitrogens is 3. The summed E-state index contributed by atoms with van der Waals surface area (Å²) >= 11 is 0. The van der Waals surface area contributed by atoms with E-state index >= 15 is 0 Å². The van der Waals surface area contributed by atoms with Crippen LogP contribution in [-0.4, -0.2) is 27.9 Å². The molecule has 94 valence electrons. The van der Waals surface area contributed by atoms with Crippen molar-refractivity contribution in [1.82, 2.24) is 20.7 Å². The van der Waals surface area contributed by atoms with E-state index < -0.39 is 0 Å². The Morgan fingerprint density at radius 3 is 2.72 bits per heavy atom. The van der Waals surface area contributed by atoms with Gasteiger partial charge in [0.2, 0.25) is 0 Å². The summed E-state index contributed by atoms with van der Waals surface area (Å²) in [6, 6.07) is 10.2. The largest absolute Gasteiger partial charge is 0.351 e. The lowest BCUT2D eigenvalue weighted by Crippen LogP contribution is -2.25. The number of H-pyrrole nitrogens is 1. The normalized spacial score (nSPS) is 10.3. The average Bonchev–Trinajstić information content (AvgIpc) is 2.82. The molecule has 2 aromatic rings. The summed E-state index contributed by atoms with van der Waals surface area (Å²) in [5, 5.41) is 12.9. The fourth-order valence-corrected chi connectivity index (χ4v) is 1.72. The molecule has 0 spiro atoms. The number of nitrogens with one attached hydrogen (secondary N) is 2. The van der Waals surface area contributed by atoms with Crippen LogP contribution in [0.15, 0.2) is 30.3 Å². The van der Waals surface area contributed by atoms with Crippen molar-refractivity contribution < 1.29 is 4.79 Å². The van der Waals surface area contributed by atoms with Gasteiger partial charge in [-0.1, -0.05) is 30.3 Å². The van der Waals surface area contributed by atoms with Crippen LogP contribution < -0.4 is 5.32 Å². The second-order valence-corrected chi connectivity index (χ2v) is 4.10. The summed E-state index contributed by atoms with van der Waals surface area (Å²) in [5.41, 5.74) is 2.27. The second-order valence-electron chi connectivity index (χ2n) is 4.10. The molecule has 1 amide bonds. The highest BCUT2D eigenvalue weighted by molar-refractivity contribution is 5.93. The van der Waals surface area contributed by atoms with Crippen LogP contribution in [0.3, 0.4) is 0 Å². The predicted octanol–water partition coefficient (Wildman–Crippen LogP) is 1.48. The minimum atomic E-state index is -0.172. The van der Waals surface area contributed by atoms with Gasteiger partial charge in [0, 0.05) is 6.54 Å². The third kappa shape index (κ3) is 3.16. The van der Waals surface area contributed by atoms with Gasteiger partial charge in [0.05, 0.1) is 5.69 Å². The molecule has 5 nitrogen and oxygen atoms in total. The standard InChI is InChI=1S/C13H16N4O/c1-10-12(16-17-15-10)13(18)14-9-5-8-11-6-3-2-4-7-11/h2-4,6-7H,5,8-9H2,1H3,(H,14,18)(H,15,16,17). The Labute approximate surface area is 106 Å². The monoisotopic (exact) mass is 244 g/mol. The van der Waals surface area contributed by atoms with E-state index in [0.717, 1.165) is 12.8 Å². The van der Waals surface area contributed by atoms with E-state index in [2.05, 4.69) is 32.9 Å². The summed E-state index contributed by atoms with van der Waals surface area (Å²) < 4.78 is 0. The Bertz CT molecular complexity index is 507. The Morgan fingerprint density at radius 1 is 1.28 bits per heavy atom. The highest BCUT2D eigenvalue weighted by Crippen LogP contribution is 2.02. The highest BCUT2D eigenvalue weighted by Gasteiger charge is 2.11. The molecule has 18 heavy (non-hydrogen) atoms. The van der Waals surface area contributed by atoms with E-state index in [-0.39, 0.29) is 5.91 Å². The third-order valence-electron chi connectivity index (χ3n) is 2.71. The number of rotatable bonds is 5. The zero-order valence-corrected chi connectivity index (χ0v) is 10.3. The molecular formula is C13H16N4O. The predicted molar refractivity (Wildman–Crippen MR) is 68.2 cm³/mol. The molecule has 2 rings (SSSR count). The molecule has 1 heterocycles. The molecular weight excluding hydrogens is 228 g/mol. The lowest BCUT2D eigenvalue weighted by Gasteiger charge is -2.03. The first kappa shape index (κ1) is 12.3. The SMILES string of the molecule is Cc1n[nH]nc1C(=O)NCCCc1ccccc1. The lowest BCUT2D eigenvalue weighted by atomic mass is 10.1. The molecule has 0 saturated carbocycles. The number of carbonyl (C=O) groups excluding carboxylic acids is 1. The van der Waals surface area contributed by atoms with Gasteiger partial charge in [-0.2, -0.15) is 15.4 Å². The van der Waals surface area contributed by atoms with Crippen LogP contribution in [0.1, 0.15) is 28.2 Å². The lowest BCUT2D eigenvalue weighted by molar-refractivity contribution is 0.0947. The molecule has 0 unspecified atom stereocenters. The summed E-state index contributed by atoms with van der Waals surface area (Å²) in [4.78, 5) is 11.7. The van der Waals surface area contributed by atoms with Crippen molar-refractivity contribution in [2.75, 3.05) is 6.54 Å². The molecule has 0 fully saturated rings. The zero-order valence-electron chi connectivity index (χ0n) is 10.3. The van der Waals surface area contributed by atoms with E-state index in [4.69, 9.17) is 0 Å². The van der Waals surface area contributed by atoms with Gasteiger partial charge >= 0.3 is 0 Å². The fourth-order valence-electron chi connectivity index (χ4n) is 1.72. The number of hydrogen-bond donors (Lipinski definition) is 2. The first-order valence-electron chi connectivity index (χ1n) is 5.97. The molecule has 2 N–H and O–H groups in total. The Morgan fingerprint density at radius 2 is 2.06 bits per heavy atom. The topological polar surface area (TPSA) is 70.7 Å².